The van der Waals surface area contributed by atoms with Crippen LogP contribution in [0, 0.1) is 11.3 Å². The second-order valence-electron chi connectivity index (χ2n) is 4.86. The first kappa shape index (κ1) is 8.83. The molecular formula is C11H20. The van der Waals surface area contributed by atoms with Crippen LogP contribution in [-0.2, 0) is 0 Å². The Morgan fingerprint density at radius 1 is 1.36 bits per heavy atom. The van der Waals surface area contributed by atoms with Gasteiger partial charge in [0.2, 0.25) is 0 Å². The quantitative estimate of drug-likeness (QED) is 0.463. The van der Waals surface area contributed by atoms with Crippen LogP contribution in [-0.4, -0.2) is 0 Å². The lowest BCUT2D eigenvalue weighted by atomic mass is 9.78. The van der Waals surface area contributed by atoms with E-state index in [4.69, 9.17) is 0 Å². The van der Waals surface area contributed by atoms with E-state index in [-0.39, 0.29) is 0 Å². The molecule has 1 atom stereocenters. The van der Waals surface area contributed by atoms with Gasteiger partial charge in [0.25, 0.3) is 0 Å². The number of hydrogen-bond acceptors (Lipinski definition) is 0. The molecule has 0 aromatic carbocycles. The summed E-state index contributed by atoms with van der Waals surface area (Å²) in [6.07, 6.45) is 6.47. The van der Waals surface area contributed by atoms with Gasteiger partial charge in [0, 0.05) is 0 Å². The van der Waals surface area contributed by atoms with E-state index in [0.717, 1.165) is 5.92 Å². The van der Waals surface area contributed by atoms with E-state index < -0.39 is 0 Å². The summed E-state index contributed by atoms with van der Waals surface area (Å²) >= 11 is 0. The Hall–Kier alpha value is -0.260. The van der Waals surface area contributed by atoms with Crippen molar-refractivity contribution in [3.8, 4) is 0 Å². The first-order chi connectivity index (χ1) is 5.00. The minimum absolute atomic E-state index is 0.417. The van der Waals surface area contributed by atoms with Gasteiger partial charge in [0.1, 0.15) is 0 Å². The van der Waals surface area contributed by atoms with E-state index >= 15 is 0 Å². The van der Waals surface area contributed by atoms with Gasteiger partial charge in [-0.15, -0.1) is 0 Å². The van der Waals surface area contributed by atoms with Crippen LogP contribution in [0.4, 0.5) is 0 Å². The first-order valence-electron chi connectivity index (χ1n) is 4.69. The molecule has 0 aromatic rings. The molecule has 0 fully saturated rings. The highest BCUT2D eigenvalue weighted by molar-refractivity contribution is 5.13. The van der Waals surface area contributed by atoms with Crippen molar-refractivity contribution in [3.63, 3.8) is 0 Å². The fourth-order valence-electron chi connectivity index (χ4n) is 1.65. The van der Waals surface area contributed by atoms with Crippen LogP contribution in [0.3, 0.4) is 0 Å². The van der Waals surface area contributed by atoms with Crippen LogP contribution in [0.15, 0.2) is 11.6 Å². The fourth-order valence-corrected chi connectivity index (χ4v) is 1.65. The summed E-state index contributed by atoms with van der Waals surface area (Å²) in [5.41, 5.74) is 2.08. The van der Waals surface area contributed by atoms with E-state index in [1.54, 1.807) is 5.57 Å². The molecule has 0 unspecified atom stereocenters. The smallest absolute Gasteiger partial charge is 0.0173 e. The highest BCUT2D eigenvalue weighted by Gasteiger charge is 2.20. The monoisotopic (exact) mass is 152 g/mol. The zero-order valence-corrected chi connectivity index (χ0v) is 8.28. The molecule has 1 rings (SSSR count). The van der Waals surface area contributed by atoms with Crippen molar-refractivity contribution in [2.45, 2.75) is 47.0 Å². The lowest BCUT2D eigenvalue weighted by Crippen LogP contribution is -2.14. The summed E-state index contributed by atoms with van der Waals surface area (Å²) in [6, 6.07) is 0. The molecule has 0 bridgehead atoms. The molecule has 0 heterocycles. The Morgan fingerprint density at radius 3 is 2.36 bits per heavy atom. The highest BCUT2D eigenvalue weighted by atomic mass is 14.3. The zero-order valence-electron chi connectivity index (χ0n) is 8.28. The van der Waals surface area contributed by atoms with Crippen molar-refractivity contribution < 1.29 is 0 Å². The van der Waals surface area contributed by atoms with Gasteiger partial charge in [-0.05, 0) is 30.6 Å². The van der Waals surface area contributed by atoms with Crippen LogP contribution < -0.4 is 0 Å². The van der Waals surface area contributed by atoms with Crippen molar-refractivity contribution >= 4 is 0 Å². The molecule has 0 radical (unpaired) electrons. The Morgan fingerprint density at radius 2 is 2.00 bits per heavy atom. The number of rotatable bonds is 0. The minimum Gasteiger partial charge on any atom is -0.0845 e. The third kappa shape index (κ3) is 2.36. The second-order valence-corrected chi connectivity index (χ2v) is 4.86. The molecule has 0 nitrogen and oxygen atoms in total. The first-order valence-corrected chi connectivity index (χ1v) is 4.69. The lowest BCUT2D eigenvalue weighted by Gasteiger charge is -2.28. The van der Waals surface area contributed by atoms with Crippen LogP contribution in [0.25, 0.3) is 0 Å². The average molecular weight is 152 g/mol. The molecule has 0 spiro atoms. The van der Waals surface area contributed by atoms with Gasteiger partial charge >= 0.3 is 0 Å². The van der Waals surface area contributed by atoms with Crippen LogP contribution in [0.1, 0.15) is 47.0 Å². The van der Waals surface area contributed by atoms with Gasteiger partial charge in [0.15, 0.2) is 0 Å². The highest BCUT2D eigenvalue weighted by Crippen LogP contribution is 2.34. The maximum Gasteiger partial charge on any atom is -0.0173 e. The topological polar surface area (TPSA) is 0 Å². The third-order valence-corrected chi connectivity index (χ3v) is 2.64. The summed E-state index contributed by atoms with van der Waals surface area (Å²) in [5.74, 6) is 0.918. The molecule has 0 amide bonds. The fraction of sp³-hybridized carbons (Fsp3) is 0.818. The number of allylic oxidation sites excluding steroid dienone is 2. The van der Waals surface area contributed by atoms with Gasteiger partial charge < -0.3 is 0 Å². The van der Waals surface area contributed by atoms with Crippen molar-refractivity contribution in [2.75, 3.05) is 0 Å². The minimum atomic E-state index is 0.417. The van der Waals surface area contributed by atoms with Crippen LogP contribution in [0.5, 0.6) is 0 Å². The molecule has 0 aromatic heterocycles. The van der Waals surface area contributed by atoms with Gasteiger partial charge in [-0.1, -0.05) is 39.3 Å². The molecule has 1 aliphatic carbocycles. The van der Waals surface area contributed by atoms with Gasteiger partial charge in [-0.3, -0.25) is 0 Å². The summed E-state index contributed by atoms with van der Waals surface area (Å²) in [6.45, 7) is 9.29. The van der Waals surface area contributed by atoms with Gasteiger partial charge in [-0.25, -0.2) is 0 Å². The SMILES string of the molecule is C[C@H]1CC=C(C(C)(C)C)CC1. The molecule has 64 valence electrons. The van der Waals surface area contributed by atoms with E-state index in [9.17, 15) is 0 Å². The molecule has 1 aliphatic rings. The average Bonchev–Trinajstić information content (AvgIpc) is 1.86. The number of hydrogen-bond donors (Lipinski definition) is 0. The Labute approximate surface area is 70.7 Å². The van der Waals surface area contributed by atoms with Gasteiger partial charge in [-0.2, -0.15) is 0 Å². The molecule has 0 saturated carbocycles. The molecule has 0 heteroatoms. The van der Waals surface area contributed by atoms with Crippen molar-refractivity contribution in [2.24, 2.45) is 11.3 Å². The summed E-state index contributed by atoms with van der Waals surface area (Å²) in [4.78, 5) is 0. The normalized spacial score (nSPS) is 26.5. The Bertz CT molecular complexity index is 157. The van der Waals surface area contributed by atoms with Crippen LogP contribution >= 0.6 is 0 Å². The standard InChI is InChI=1S/C11H20/c1-9-5-7-10(8-6-9)11(2,3)4/h7,9H,5-6,8H2,1-4H3/t9-/m0/s1. The molecule has 0 N–H and O–H groups in total. The molecule has 11 heavy (non-hydrogen) atoms. The van der Waals surface area contributed by atoms with E-state index in [2.05, 4.69) is 33.8 Å². The van der Waals surface area contributed by atoms with Crippen LogP contribution in [0.2, 0.25) is 0 Å². The maximum absolute atomic E-state index is 2.45. The Kier molecular flexibility index (Phi) is 2.41. The molecule has 0 saturated heterocycles. The summed E-state index contributed by atoms with van der Waals surface area (Å²) in [5, 5.41) is 0. The maximum atomic E-state index is 2.45. The van der Waals surface area contributed by atoms with E-state index in [0.29, 0.717) is 5.41 Å². The lowest BCUT2D eigenvalue weighted by molar-refractivity contribution is 0.421. The third-order valence-electron chi connectivity index (χ3n) is 2.64. The molecule has 0 aliphatic heterocycles. The van der Waals surface area contributed by atoms with Gasteiger partial charge in [0.05, 0.1) is 0 Å². The predicted octanol–water partition coefficient (Wildman–Crippen LogP) is 3.78. The van der Waals surface area contributed by atoms with E-state index in [1.165, 1.54) is 19.3 Å². The second kappa shape index (κ2) is 3.00. The largest absolute Gasteiger partial charge is 0.0845 e. The van der Waals surface area contributed by atoms with Crippen molar-refractivity contribution in [1.29, 1.82) is 0 Å². The van der Waals surface area contributed by atoms with E-state index in [1.807, 2.05) is 0 Å². The predicted molar refractivity (Wildman–Crippen MR) is 50.6 cm³/mol. The molecular weight excluding hydrogens is 132 g/mol. The summed E-state index contributed by atoms with van der Waals surface area (Å²) in [7, 11) is 0. The van der Waals surface area contributed by atoms with Crippen molar-refractivity contribution in [3.05, 3.63) is 11.6 Å². The van der Waals surface area contributed by atoms with Crippen molar-refractivity contribution in [1.82, 2.24) is 0 Å². The zero-order chi connectivity index (χ0) is 8.48. The Balaban J connectivity index is 2.62. The summed E-state index contributed by atoms with van der Waals surface area (Å²) < 4.78 is 0.